The van der Waals surface area contributed by atoms with E-state index in [-0.39, 0.29) is 0 Å². The highest BCUT2D eigenvalue weighted by Gasteiger charge is 2.16. The molecule has 31 heavy (non-hydrogen) atoms. The third kappa shape index (κ3) is 4.11. The molecule has 0 bridgehead atoms. The highest BCUT2D eigenvalue weighted by molar-refractivity contribution is 6.30. The number of halogens is 2. The van der Waals surface area contributed by atoms with Gasteiger partial charge in [0.05, 0.1) is 5.69 Å². The Kier molecular flexibility index (Phi) is 5.29. The zero-order chi connectivity index (χ0) is 21.2. The third-order valence-corrected chi connectivity index (χ3v) is 5.49. The van der Waals surface area contributed by atoms with Crippen LogP contribution >= 0.6 is 23.2 Å². The van der Waals surface area contributed by atoms with Crippen molar-refractivity contribution in [1.82, 2.24) is 10.2 Å². The van der Waals surface area contributed by atoms with Crippen molar-refractivity contribution in [3.63, 3.8) is 0 Å². The number of furan rings is 1. The van der Waals surface area contributed by atoms with Crippen molar-refractivity contribution in [2.45, 2.75) is 0 Å². The SMILES string of the molecule is Clc1ccc(-c2cc(-c3ccc(-c4ccccc4)o3)c(-c3ccc(Cl)cc3)nn2)cc1. The predicted molar refractivity (Wildman–Crippen MR) is 126 cm³/mol. The maximum Gasteiger partial charge on any atom is 0.137 e. The summed E-state index contributed by atoms with van der Waals surface area (Å²) < 4.78 is 6.24. The zero-order valence-electron chi connectivity index (χ0n) is 16.3. The van der Waals surface area contributed by atoms with Gasteiger partial charge in [-0.05, 0) is 42.5 Å². The second-order valence-corrected chi connectivity index (χ2v) is 7.91. The van der Waals surface area contributed by atoms with Gasteiger partial charge in [0.2, 0.25) is 0 Å². The fourth-order valence-electron chi connectivity index (χ4n) is 3.40. The molecule has 5 rings (SSSR count). The van der Waals surface area contributed by atoms with Gasteiger partial charge < -0.3 is 4.42 Å². The minimum atomic E-state index is 0.667. The molecule has 0 amide bonds. The topological polar surface area (TPSA) is 38.9 Å². The fraction of sp³-hybridized carbons (Fsp3) is 0. The van der Waals surface area contributed by atoms with E-state index in [2.05, 4.69) is 10.2 Å². The zero-order valence-corrected chi connectivity index (χ0v) is 17.8. The summed E-state index contributed by atoms with van der Waals surface area (Å²) in [5.41, 5.74) is 5.17. The smallest absolute Gasteiger partial charge is 0.137 e. The van der Waals surface area contributed by atoms with E-state index in [1.54, 1.807) is 0 Å². The first-order valence-electron chi connectivity index (χ1n) is 9.72. The van der Waals surface area contributed by atoms with Gasteiger partial charge in [-0.15, -0.1) is 10.2 Å². The van der Waals surface area contributed by atoms with Gasteiger partial charge in [0, 0.05) is 32.3 Å². The lowest BCUT2D eigenvalue weighted by Gasteiger charge is -2.09. The van der Waals surface area contributed by atoms with E-state index in [0.717, 1.165) is 39.4 Å². The van der Waals surface area contributed by atoms with Crippen LogP contribution in [-0.2, 0) is 0 Å². The first-order chi connectivity index (χ1) is 15.2. The molecule has 0 aliphatic carbocycles. The molecule has 0 aliphatic heterocycles. The molecule has 0 saturated carbocycles. The van der Waals surface area contributed by atoms with Gasteiger partial charge in [0.15, 0.2) is 0 Å². The Hall–Kier alpha value is -3.40. The minimum Gasteiger partial charge on any atom is -0.456 e. The molecule has 2 heterocycles. The molecule has 3 nitrogen and oxygen atoms in total. The van der Waals surface area contributed by atoms with E-state index in [9.17, 15) is 0 Å². The molecule has 0 aliphatic rings. The van der Waals surface area contributed by atoms with Crippen LogP contribution in [0.2, 0.25) is 10.0 Å². The summed E-state index contributed by atoms with van der Waals surface area (Å²) >= 11 is 12.1. The van der Waals surface area contributed by atoms with Crippen molar-refractivity contribution in [2.24, 2.45) is 0 Å². The van der Waals surface area contributed by atoms with Gasteiger partial charge in [-0.1, -0.05) is 77.8 Å². The predicted octanol–water partition coefficient (Wildman–Crippen LogP) is 8.04. The van der Waals surface area contributed by atoms with Crippen LogP contribution < -0.4 is 0 Å². The van der Waals surface area contributed by atoms with Gasteiger partial charge in [0.25, 0.3) is 0 Å². The Bertz CT molecular complexity index is 1330. The van der Waals surface area contributed by atoms with Gasteiger partial charge >= 0.3 is 0 Å². The lowest BCUT2D eigenvalue weighted by molar-refractivity contribution is 0.597. The van der Waals surface area contributed by atoms with Crippen LogP contribution in [-0.4, -0.2) is 10.2 Å². The highest BCUT2D eigenvalue weighted by Crippen LogP contribution is 2.36. The maximum atomic E-state index is 6.24. The number of hydrogen-bond acceptors (Lipinski definition) is 3. The molecule has 5 aromatic rings. The van der Waals surface area contributed by atoms with Crippen molar-refractivity contribution in [1.29, 1.82) is 0 Å². The average Bonchev–Trinajstić information content (AvgIpc) is 3.31. The van der Waals surface area contributed by atoms with Gasteiger partial charge in [-0.3, -0.25) is 0 Å². The van der Waals surface area contributed by atoms with Crippen LogP contribution in [0.4, 0.5) is 0 Å². The molecule has 0 spiro atoms. The third-order valence-electron chi connectivity index (χ3n) is 4.98. The van der Waals surface area contributed by atoms with Crippen LogP contribution in [0, 0.1) is 0 Å². The largest absolute Gasteiger partial charge is 0.456 e. The van der Waals surface area contributed by atoms with E-state index in [4.69, 9.17) is 27.6 Å². The molecule has 3 aromatic carbocycles. The maximum absolute atomic E-state index is 6.24. The Morgan fingerprint density at radius 1 is 0.548 bits per heavy atom. The van der Waals surface area contributed by atoms with Crippen molar-refractivity contribution in [3.05, 3.63) is 107 Å². The second-order valence-electron chi connectivity index (χ2n) is 7.04. The Balaban J connectivity index is 1.65. The van der Waals surface area contributed by atoms with Gasteiger partial charge in [-0.2, -0.15) is 0 Å². The lowest BCUT2D eigenvalue weighted by atomic mass is 10.0. The highest BCUT2D eigenvalue weighted by atomic mass is 35.5. The summed E-state index contributed by atoms with van der Waals surface area (Å²) in [6.07, 6.45) is 0. The van der Waals surface area contributed by atoms with E-state index in [1.165, 1.54) is 0 Å². The fourth-order valence-corrected chi connectivity index (χ4v) is 3.65. The summed E-state index contributed by atoms with van der Waals surface area (Å²) in [7, 11) is 0. The first-order valence-corrected chi connectivity index (χ1v) is 10.5. The Labute approximate surface area is 189 Å². The molecule has 0 atom stereocenters. The molecule has 2 aromatic heterocycles. The van der Waals surface area contributed by atoms with Crippen molar-refractivity contribution >= 4 is 23.2 Å². The minimum absolute atomic E-state index is 0.667. The summed E-state index contributed by atoms with van der Waals surface area (Å²) in [4.78, 5) is 0. The van der Waals surface area contributed by atoms with Crippen molar-refractivity contribution in [2.75, 3.05) is 0 Å². The standard InChI is InChI=1S/C26H16Cl2N2O/c27-20-10-6-17(7-11-20)23-16-22(26(30-29-23)19-8-12-21(28)13-9-19)25-15-14-24(31-25)18-4-2-1-3-5-18/h1-16H. The van der Waals surface area contributed by atoms with Crippen LogP contribution in [0.3, 0.4) is 0 Å². The van der Waals surface area contributed by atoms with E-state index in [1.807, 2.05) is 97.1 Å². The summed E-state index contributed by atoms with van der Waals surface area (Å²) in [5.74, 6) is 1.51. The Morgan fingerprint density at radius 3 is 1.84 bits per heavy atom. The van der Waals surface area contributed by atoms with E-state index >= 15 is 0 Å². The van der Waals surface area contributed by atoms with Crippen LogP contribution in [0.25, 0.3) is 45.2 Å². The van der Waals surface area contributed by atoms with E-state index < -0.39 is 0 Å². The molecule has 0 N–H and O–H groups in total. The van der Waals surface area contributed by atoms with E-state index in [0.29, 0.717) is 15.8 Å². The van der Waals surface area contributed by atoms with Crippen LogP contribution in [0.1, 0.15) is 0 Å². The molecule has 150 valence electrons. The number of rotatable bonds is 4. The molecular formula is C26H16Cl2N2O. The molecule has 0 fully saturated rings. The summed E-state index contributed by atoms with van der Waals surface area (Å²) in [5, 5.41) is 10.4. The Morgan fingerprint density at radius 2 is 1.16 bits per heavy atom. The monoisotopic (exact) mass is 442 g/mol. The molecule has 0 unspecified atom stereocenters. The molecule has 0 saturated heterocycles. The lowest BCUT2D eigenvalue weighted by Crippen LogP contribution is -1.95. The molecule has 0 radical (unpaired) electrons. The van der Waals surface area contributed by atoms with Crippen LogP contribution in [0.5, 0.6) is 0 Å². The second kappa shape index (κ2) is 8.38. The quantitative estimate of drug-likeness (QED) is 0.282. The number of benzene rings is 3. The number of aromatic nitrogens is 2. The normalized spacial score (nSPS) is 10.9. The first kappa shape index (κ1) is 19.6. The van der Waals surface area contributed by atoms with Crippen molar-refractivity contribution < 1.29 is 4.42 Å². The van der Waals surface area contributed by atoms with Crippen molar-refractivity contribution in [3.8, 4) is 45.2 Å². The average molecular weight is 443 g/mol. The molecule has 5 heteroatoms. The van der Waals surface area contributed by atoms with Crippen LogP contribution in [0.15, 0.2) is 101 Å². The number of hydrogen-bond donors (Lipinski definition) is 0. The summed E-state index contributed by atoms with van der Waals surface area (Å²) in [6.45, 7) is 0. The molecular weight excluding hydrogens is 427 g/mol. The number of nitrogens with zero attached hydrogens (tertiary/aromatic N) is 2. The van der Waals surface area contributed by atoms with Gasteiger partial charge in [-0.25, -0.2) is 0 Å². The van der Waals surface area contributed by atoms with Gasteiger partial charge in [0.1, 0.15) is 17.2 Å². The summed E-state index contributed by atoms with van der Waals surface area (Å²) in [6, 6.07) is 31.0.